The first kappa shape index (κ1) is 15.8. The highest BCUT2D eigenvalue weighted by molar-refractivity contribution is 6.31. The first-order valence-corrected chi connectivity index (χ1v) is 7.26. The van der Waals surface area contributed by atoms with Gasteiger partial charge in [0.15, 0.2) is 0 Å². The maximum atomic E-state index is 12.4. The van der Waals surface area contributed by atoms with Crippen molar-refractivity contribution in [3.63, 3.8) is 0 Å². The van der Waals surface area contributed by atoms with E-state index < -0.39 is 5.92 Å². The van der Waals surface area contributed by atoms with Gasteiger partial charge < -0.3 is 15.0 Å². The standard InChI is InChI=1S/C15H19ClN2O3/c1-10-3-4-11(9-13(10)16)18-7-5-12(15(18)20)14(19)17-6-8-21-2/h3-4,9,12H,5-8H2,1-2H3,(H,17,19). The predicted molar refractivity (Wildman–Crippen MR) is 81.5 cm³/mol. The summed E-state index contributed by atoms with van der Waals surface area (Å²) in [5, 5.41) is 3.33. The predicted octanol–water partition coefficient (Wildman–Crippen LogP) is 1.76. The number of nitrogens with one attached hydrogen (secondary N) is 1. The Hall–Kier alpha value is -1.59. The van der Waals surface area contributed by atoms with Gasteiger partial charge in [-0.25, -0.2) is 0 Å². The number of carbonyl (C=O) groups is 2. The molecule has 6 heteroatoms. The Labute approximate surface area is 129 Å². The maximum absolute atomic E-state index is 12.4. The van der Waals surface area contributed by atoms with Crippen LogP contribution in [0.5, 0.6) is 0 Å². The lowest BCUT2D eigenvalue weighted by atomic mass is 10.1. The zero-order valence-electron chi connectivity index (χ0n) is 12.2. The largest absolute Gasteiger partial charge is 0.383 e. The van der Waals surface area contributed by atoms with Crippen LogP contribution in [0.1, 0.15) is 12.0 Å². The Bertz CT molecular complexity index is 548. The summed E-state index contributed by atoms with van der Waals surface area (Å²) in [7, 11) is 1.57. The molecular formula is C15H19ClN2O3. The quantitative estimate of drug-likeness (QED) is 0.666. The van der Waals surface area contributed by atoms with Gasteiger partial charge in [0.2, 0.25) is 11.8 Å². The zero-order valence-corrected chi connectivity index (χ0v) is 12.9. The summed E-state index contributed by atoms with van der Waals surface area (Å²) in [5.41, 5.74) is 1.70. The average molecular weight is 311 g/mol. The van der Waals surface area contributed by atoms with Gasteiger partial charge in [0.05, 0.1) is 6.61 Å². The number of benzene rings is 1. The number of ether oxygens (including phenoxy) is 1. The first-order chi connectivity index (χ1) is 10.0. The van der Waals surface area contributed by atoms with Crippen molar-refractivity contribution in [2.45, 2.75) is 13.3 Å². The molecule has 1 unspecified atom stereocenters. The SMILES string of the molecule is COCCNC(=O)C1CCN(c2ccc(C)c(Cl)c2)C1=O. The normalized spacial score (nSPS) is 18.1. The van der Waals surface area contributed by atoms with Crippen LogP contribution >= 0.6 is 11.6 Å². The van der Waals surface area contributed by atoms with Crippen LogP contribution in [0.4, 0.5) is 5.69 Å². The Balaban J connectivity index is 2.03. The number of methoxy groups -OCH3 is 1. The van der Waals surface area contributed by atoms with E-state index in [9.17, 15) is 9.59 Å². The van der Waals surface area contributed by atoms with E-state index in [1.807, 2.05) is 19.1 Å². The van der Waals surface area contributed by atoms with Gasteiger partial charge in [-0.15, -0.1) is 0 Å². The molecule has 1 aliphatic heterocycles. The molecule has 0 bridgehead atoms. The number of halogens is 1. The maximum Gasteiger partial charge on any atom is 0.239 e. The zero-order chi connectivity index (χ0) is 15.4. The van der Waals surface area contributed by atoms with Crippen LogP contribution in [0.15, 0.2) is 18.2 Å². The van der Waals surface area contributed by atoms with E-state index in [1.165, 1.54) is 0 Å². The molecule has 1 aromatic rings. The van der Waals surface area contributed by atoms with Crippen molar-refractivity contribution in [1.82, 2.24) is 5.32 Å². The van der Waals surface area contributed by atoms with Gasteiger partial charge in [-0.2, -0.15) is 0 Å². The molecule has 0 aliphatic carbocycles. The summed E-state index contributed by atoms with van der Waals surface area (Å²) >= 11 is 6.09. The first-order valence-electron chi connectivity index (χ1n) is 6.88. The minimum atomic E-state index is -0.623. The molecule has 114 valence electrons. The minimum absolute atomic E-state index is 0.176. The summed E-state index contributed by atoms with van der Waals surface area (Å²) in [5.74, 6) is -1.04. The lowest BCUT2D eigenvalue weighted by molar-refractivity contribution is -0.132. The molecule has 21 heavy (non-hydrogen) atoms. The topological polar surface area (TPSA) is 58.6 Å². The number of nitrogens with zero attached hydrogens (tertiary/aromatic N) is 1. The van der Waals surface area contributed by atoms with E-state index in [4.69, 9.17) is 16.3 Å². The van der Waals surface area contributed by atoms with Crippen molar-refractivity contribution in [2.24, 2.45) is 5.92 Å². The van der Waals surface area contributed by atoms with E-state index in [0.29, 0.717) is 31.1 Å². The number of hydrogen-bond donors (Lipinski definition) is 1. The van der Waals surface area contributed by atoms with Crippen molar-refractivity contribution >= 4 is 29.1 Å². The lowest BCUT2D eigenvalue weighted by Crippen LogP contribution is -2.38. The minimum Gasteiger partial charge on any atom is -0.383 e. The number of hydrogen-bond acceptors (Lipinski definition) is 3. The summed E-state index contributed by atoms with van der Waals surface area (Å²) in [6.45, 7) is 3.28. The molecule has 0 radical (unpaired) electrons. The fourth-order valence-corrected chi connectivity index (χ4v) is 2.50. The Morgan fingerprint density at radius 3 is 2.95 bits per heavy atom. The van der Waals surface area contributed by atoms with Gasteiger partial charge in [0.1, 0.15) is 5.92 Å². The number of aryl methyl sites for hydroxylation is 1. The Kier molecular flexibility index (Phi) is 5.20. The number of amides is 2. The smallest absolute Gasteiger partial charge is 0.239 e. The van der Waals surface area contributed by atoms with Crippen LogP contribution in [-0.2, 0) is 14.3 Å². The second-order valence-electron chi connectivity index (χ2n) is 5.05. The highest BCUT2D eigenvalue weighted by Gasteiger charge is 2.37. The molecule has 1 atom stereocenters. The van der Waals surface area contributed by atoms with Crippen molar-refractivity contribution in [3.05, 3.63) is 28.8 Å². The molecule has 0 saturated carbocycles. The van der Waals surface area contributed by atoms with Crippen molar-refractivity contribution in [2.75, 3.05) is 31.7 Å². The summed E-state index contributed by atoms with van der Waals surface area (Å²) < 4.78 is 4.87. The summed E-state index contributed by atoms with van der Waals surface area (Å²) in [6, 6.07) is 5.49. The van der Waals surface area contributed by atoms with Gasteiger partial charge in [-0.3, -0.25) is 9.59 Å². The van der Waals surface area contributed by atoms with E-state index in [0.717, 1.165) is 11.3 Å². The molecular weight excluding hydrogens is 292 g/mol. The van der Waals surface area contributed by atoms with Crippen molar-refractivity contribution in [1.29, 1.82) is 0 Å². The van der Waals surface area contributed by atoms with E-state index in [2.05, 4.69) is 5.32 Å². The number of anilines is 1. The third-order valence-electron chi connectivity index (χ3n) is 3.59. The summed E-state index contributed by atoms with van der Waals surface area (Å²) in [6.07, 6.45) is 0.517. The Morgan fingerprint density at radius 1 is 1.52 bits per heavy atom. The van der Waals surface area contributed by atoms with Crippen LogP contribution in [0.2, 0.25) is 5.02 Å². The molecule has 1 aromatic carbocycles. The fraction of sp³-hybridized carbons (Fsp3) is 0.467. The van der Waals surface area contributed by atoms with Gasteiger partial charge in [-0.1, -0.05) is 17.7 Å². The molecule has 2 amide bonds. The number of carbonyl (C=O) groups excluding carboxylic acids is 2. The second-order valence-corrected chi connectivity index (χ2v) is 5.46. The van der Waals surface area contributed by atoms with Crippen molar-refractivity contribution in [3.8, 4) is 0 Å². The molecule has 1 aliphatic rings. The van der Waals surface area contributed by atoms with Crippen LogP contribution < -0.4 is 10.2 Å². The van der Waals surface area contributed by atoms with Gasteiger partial charge in [0.25, 0.3) is 0 Å². The van der Waals surface area contributed by atoms with E-state index in [1.54, 1.807) is 18.1 Å². The van der Waals surface area contributed by atoms with Gasteiger partial charge in [0, 0.05) is 30.9 Å². The third-order valence-corrected chi connectivity index (χ3v) is 4.00. The molecule has 0 aromatic heterocycles. The van der Waals surface area contributed by atoms with Crippen LogP contribution in [0.25, 0.3) is 0 Å². The molecule has 0 spiro atoms. The van der Waals surface area contributed by atoms with Crippen LogP contribution in [0.3, 0.4) is 0 Å². The van der Waals surface area contributed by atoms with Crippen LogP contribution in [0, 0.1) is 12.8 Å². The lowest BCUT2D eigenvalue weighted by Gasteiger charge is -2.17. The molecule has 1 N–H and O–H groups in total. The van der Waals surface area contributed by atoms with Crippen LogP contribution in [-0.4, -0.2) is 38.6 Å². The van der Waals surface area contributed by atoms with Gasteiger partial charge >= 0.3 is 0 Å². The Morgan fingerprint density at radius 2 is 2.29 bits per heavy atom. The monoisotopic (exact) mass is 310 g/mol. The average Bonchev–Trinajstić information content (AvgIpc) is 2.84. The van der Waals surface area contributed by atoms with E-state index in [-0.39, 0.29) is 11.8 Å². The number of rotatable bonds is 5. The van der Waals surface area contributed by atoms with E-state index >= 15 is 0 Å². The molecule has 1 saturated heterocycles. The third kappa shape index (κ3) is 3.54. The van der Waals surface area contributed by atoms with Crippen molar-refractivity contribution < 1.29 is 14.3 Å². The highest BCUT2D eigenvalue weighted by Crippen LogP contribution is 2.28. The highest BCUT2D eigenvalue weighted by atomic mass is 35.5. The summed E-state index contributed by atoms with van der Waals surface area (Å²) in [4.78, 5) is 26.0. The molecule has 5 nitrogen and oxygen atoms in total. The second kappa shape index (κ2) is 6.91. The molecule has 1 fully saturated rings. The fourth-order valence-electron chi connectivity index (χ4n) is 2.33. The molecule has 1 heterocycles. The molecule has 2 rings (SSSR count). The van der Waals surface area contributed by atoms with Gasteiger partial charge in [-0.05, 0) is 31.0 Å².